The summed E-state index contributed by atoms with van der Waals surface area (Å²) in [6.07, 6.45) is 0. The third kappa shape index (κ3) is 5.65. The molecule has 2 aromatic rings. The number of hydrogen-bond donors (Lipinski definition) is 0. The lowest BCUT2D eigenvalue weighted by molar-refractivity contribution is -0.385. The van der Waals surface area contributed by atoms with Crippen molar-refractivity contribution in [3.05, 3.63) is 52.1 Å². The van der Waals surface area contributed by atoms with Crippen LogP contribution in [0.1, 0.15) is 12.5 Å². The van der Waals surface area contributed by atoms with Crippen LogP contribution in [0.25, 0.3) is 0 Å². The second-order valence-corrected chi connectivity index (χ2v) is 8.30. The predicted molar refractivity (Wildman–Crippen MR) is 113 cm³/mol. The summed E-state index contributed by atoms with van der Waals surface area (Å²) >= 11 is 0. The first-order valence-corrected chi connectivity index (χ1v) is 10.8. The molecule has 0 N–H and O–H groups in total. The van der Waals surface area contributed by atoms with Crippen LogP contribution in [-0.2, 0) is 26.1 Å². The number of sulfonamides is 1. The van der Waals surface area contributed by atoms with Crippen LogP contribution in [0.15, 0.2) is 41.3 Å². The maximum atomic E-state index is 13.3. The lowest BCUT2D eigenvalue weighted by atomic mass is 10.1. The average Bonchev–Trinajstić information content (AvgIpc) is 2.78. The van der Waals surface area contributed by atoms with E-state index < -0.39 is 33.1 Å². The molecular weight excluding hydrogens is 444 g/mol. The van der Waals surface area contributed by atoms with Gasteiger partial charge in [-0.3, -0.25) is 14.9 Å². The van der Waals surface area contributed by atoms with Crippen LogP contribution in [0.2, 0.25) is 0 Å². The van der Waals surface area contributed by atoms with E-state index >= 15 is 0 Å². The molecule has 0 radical (unpaired) electrons. The molecule has 0 bridgehead atoms. The van der Waals surface area contributed by atoms with E-state index in [0.717, 1.165) is 10.4 Å². The summed E-state index contributed by atoms with van der Waals surface area (Å²) in [4.78, 5) is 22.2. The highest BCUT2D eigenvalue weighted by atomic mass is 32.2. The minimum Gasteiger partial charge on any atom is -0.493 e. The summed E-state index contributed by atoms with van der Waals surface area (Å²) in [5, 5.41) is 11.1. The van der Waals surface area contributed by atoms with Gasteiger partial charge >= 0.3 is 5.97 Å². The Hall–Kier alpha value is -3.38. The van der Waals surface area contributed by atoms with Gasteiger partial charge in [0.25, 0.3) is 5.69 Å². The van der Waals surface area contributed by atoms with Crippen molar-refractivity contribution in [3.63, 3.8) is 0 Å². The molecule has 0 fully saturated rings. The van der Waals surface area contributed by atoms with Gasteiger partial charge in [-0.25, -0.2) is 8.42 Å². The number of hydrogen-bond acceptors (Lipinski definition) is 9. The highest BCUT2D eigenvalue weighted by Gasteiger charge is 2.29. The molecule has 0 unspecified atom stereocenters. The molecule has 0 aliphatic carbocycles. The number of carbonyl (C=O) groups excluding carboxylic acids is 1. The SMILES string of the molecule is CCOC(=O)CN(Cc1cc(OC)c(OC)c(OC)c1)S(=O)(=O)c1cccc([N+](=O)[O-])c1. The highest BCUT2D eigenvalue weighted by molar-refractivity contribution is 7.89. The van der Waals surface area contributed by atoms with Crippen molar-refractivity contribution >= 4 is 21.7 Å². The van der Waals surface area contributed by atoms with E-state index in [1.807, 2.05) is 0 Å². The monoisotopic (exact) mass is 468 g/mol. The minimum absolute atomic E-state index is 0.0632. The summed E-state index contributed by atoms with van der Waals surface area (Å²) < 4.78 is 48.2. The molecule has 32 heavy (non-hydrogen) atoms. The number of nitrogens with zero attached hydrogens (tertiary/aromatic N) is 2. The van der Waals surface area contributed by atoms with E-state index in [1.54, 1.807) is 19.1 Å². The summed E-state index contributed by atoms with van der Waals surface area (Å²) in [5.41, 5.74) is 0.0350. The number of carbonyl (C=O) groups is 1. The molecule has 0 spiro atoms. The Bertz CT molecular complexity index is 1060. The zero-order valence-corrected chi connectivity index (χ0v) is 18.9. The van der Waals surface area contributed by atoms with Crippen LogP contribution < -0.4 is 14.2 Å². The maximum absolute atomic E-state index is 13.3. The van der Waals surface area contributed by atoms with E-state index in [9.17, 15) is 23.3 Å². The van der Waals surface area contributed by atoms with Crippen LogP contribution in [0, 0.1) is 10.1 Å². The van der Waals surface area contributed by atoms with Crippen LogP contribution >= 0.6 is 0 Å². The number of methoxy groups -OCH3 is 3. The highest BCUT2D eigenvalue weighted by Crippen LogP contribution is 2.38. The standard InChI is InChI=1S/C20H24N2O9S/c1-5-31-19(23)13-21(32(26,27)16-8-6-7-15(11-16)22(24)25)12-14-9-17(28-2)20(30-4)18(10-14)29-3/h6-11H,5,12-13H2,1-4H3. The number of non-ortho nitro benzene ring substituents is 1. The Balaban J connectivity index is 2.53. The molecule has 0 amide bonds. The smallest absolute Gasteiger partial charge is 0.321 e. The Kier molecular flexibility index (Phi) is 8.38. The normalized spacial score (nSPS) is 11.2. The molecule has 0 saturated carbocycles. The fourth-order valence-corrected chi connectivity index (χ4v) is 4.33. The molecule has 0 aromatic heterocycles. The second kappa shape index (κ2) is 10.8. The molecule has 0 saturated heterocycles. The van der Waals surface area contributed by atoms with Crippen molar-refractivity contribution in [1.82, 2.24) is 4.31 Å². The van der Waals surface area contributed by atoms with E-state index in [1.165, 1.54) is 39.5 Å². The number of esters is 1. The molecule has 0 heterocycles. The van der Waals surface area contributed by atoms with Crippen molar-refractivity contribution in [2.45, 2.75) is 18.4 Å². The van der Waals surface area contributed by atoms with Crippen molar-refractivity contribution in [2.75, 3.05) is 34.5 Å². The molecular formula is C20H24N2O9S. The Morgan fingerprint density at radius 1 is 1.06 bits per heavy atom. The van der Waals surface area contributed by atoms with E-state index in [0.29, 0.717) is 22.8 Å². The fraction of sp³-hybridized carbons (Fsp3) is 0.350. The average molecular weight is 468 g/mol. The van der Waals surface area contributed by atoms with Crippen molar-refractivity contribution in [2.24, 2.45) is 0 Å². The third-order valence-electron chi connectivity index (χ3n) is 4.36. The van der Waals surface area contributed by atoms with E-state index in [2.05, 4.69) is 0 Å². The van der Waals surface area contributed by atoms with Crippen LogP contribution in [-0.4, -0.2) is 58.1 Å². The predicted octanol–water partition coefficient (Wildman–Crippen LogP) is 2.37. The van der Waals surface area contributed by atoms with Gasteiger partial charge < -0.3 is 18.9 Å². The fourth-order valence-electron chi connectivity index (χ4n) is 2.91. The van der Waals surface area contributed by atoms with Crippen molar-refractivity contribution < 1.29 is 37.1 Å². The first-order valence-electron chi connectivity index (χ1n) is 9.37. The topological polar surface area (TPSA) is 135 Å². The Labute approximate surface area is 185 Å². The minimum atomic E-state index is -4.31. The van der Waals surface area contributed by atoms with Crippen LogP contribution in [0.4, 0.5) is 5.69 Å². The number of rotatable bonds is 11. The van der Waals surface area contributed by atoms with Crippen molar-refractivity contribution in [3.8, 4) is 17.2 Å². The Morgan fingerprint density at radius 3 is 2.19 bits per heavy atom. The second-order valence-electron chi connectivity index (χ2n) is 6.37. The molecule has 0 atom stereocenters. The van der Waals surface area contributed by atoms with Crippen molar-refractivity contribution in [1.29, 1.82) is 0 Å². The third-order valence-corrected chi connectivity index (χ3v) is 6.15. The van der Waals surface area contributed by atoms with Gasteiger partial charge in [0, 0.05) is 18.7 Å². The van der Waals surface area contributed by atoms with Gasteiger partial charge in [-0.2, -0.15) is 4.31 Å². The summed E-state index contributed by atoms with van der Waals surface area (Å²) in [6.45, 7) is 0.792. The quantitative estimate of drug-likeness (QED) is 0.277. The van der Waals surface area contributed by atoms with Gasteiger partial charge in [-0.1, -0.05) is 6.07 Å². The maximum Gasteiger partial charge on any atom is 0.321 e. The van der Waals surface area contributed by atoms with Crippen LogP contribution in [0.5, 0.6) is 17.2 Å². The van der Waals surface area contributed by atoms with Gasteiger partial charge in [0.1, 0.15) is 6.54 Å². The zero-order chi connectivity index (χ0) is 23.9. The summed E-state index contributed by atoms with van der Waals surface area (Å²) in [6, 6.07) is 7.67. The van der Waals surface area contributed by atoms with Crippen LogP contribution in [0.3, 0.4) is 0 Å². The number of nitro benzene ring substituents is 1. The number of ether oxygens (including phenoxy) is 4. The summed E-state index contributed by atoms with van der Waals surface area (Å²) in [7, 11) is -0.0499. The number of nitro groups is 1. The molecule has 2 aromatic carbocycles. The Morgan fingerprint density at radius 2 is 1.69 bits per heavy atom. The first kappa shape index (κ1) is 24.9. The van der Waals surface area contributed by atoms with Gasteiger partial charge in [0.15, 0.2) is 11.5 Å². The van der Waals surface area contributed by atoms with E-state index in [4.69, 9.17) is 18.9 Å². The molecule has 174 valence electrons. The summed E-state index contributed by atoms with van der Waals surface area (Å²) in [5.74, 6) is 0.141. The molecule has 0 aliphatic rings. The lowest BCUT2D eigenvalue weighted by Gasteiger charge is -2.22. The lowest BCUT2D eigenvalue weighted by Crippen LogP contribution is -2.36. The molecule has 0 aliphatic heterocycles. The van der Waals surface area contributed by atoms with Gasteiger partial charge in [-0.15, -0.1) is 0 Å². The molecule has 11 nitrogen and oxygen atoms in total. The van der Waals surface area contributed by atoms with Gasteiger partial charge in [0.05, 0.1) is 37.8 Å². The number of benzene rings is 2. The van der Waals surface area contributed by atoms with Gasteiger partial charge in [0.2, 0.25) is 15.8 Å². The molecule has 12 heteroatoms. The zero-order valence-electron chi connectivity index (χ0n) is 18.1. The first-order chi connectivity index (χ1) is 15.2. The largest absolute Gasteiger partial charge is 0.493 e. The molecule has 2 rings (SSSR count). The van der Waals surface area contributed by atoms with Gasteiger partial charge in [-0.05, 0) is 30.7 Å². The van der Waals surface area contributed by atoms with E-state index in [-0.39, 0.29) is 18.0 Å².